The van der Waals surface area contributed by atoms with Crippen molar-refractivity contribution in [3.8, 4) is 5.82 Å². The van der Waals surface area contributed by atoms with E-state index in [1.165, 1.54) is 0 Å². The van der Waals surface area contributed by atoms with Crippen molar-refractivity contribution in [3.63, 3.8) is 0 Å². The summed E-state index contributed by atoms with van der Waals surface area (Å²) in [5, 5.41) is 7.17. The fraction of sp³-hybridized carbons (Fsp3) is 0.412. The molecule has 25 heavy (non-hydrogen) atoms. The van der Waals surface area contributed by atoms with Gasteiger partial charge in [-0.2, -0.15) is 5.10 Å². The molecule has 4 heterocycles. The number of fused-ring (bicyclic) bond motifs is 1. The SMILES string of the molecule is C[C@]12CCC(=O)N1[C@H](C(=O)NCc1cccnc1-n1cccn1)CS2. The van der Waals surface area contributed by atoms with E-state index in [1.807, 2.05) is 31.3 Å². The molecule has 0 aromatic carbocycles. The number of pyridine rings is 1. The fourth-order valence-corrected chi connectivity index (χ4v) is 4.92. The molecular formula is C17H19N5O2S. The van der Waals surface area contributed by atoms with Gasteiger partial charge in [0.25, 0.3) is 0 Å². The molecule has 2 atom stereocenters. The quantitative estimate of drug-likeness (QED) is 0.893. The molecule has 0 aliphatic carbocycles. The van der Waals surface area contributed by atoms with Crippen molar-refractivity contribution >= 4 is 23.6 Å². The first kappa shape index (κ1) is 16.1. The first-order valence-corrected chi connectivity index (χ1v) is 9.25. The summed E-state index contributed by atoms with van der Waals surface area (Å²) in [4.78, 5) is 30.7. The molecule has 0 saturated carbocycles. The maximum Gasteiger partial charge on any atom is 0.243 e. The molecule has 4 rings (SSSR count). The van der Waals surface area contributed by atoms with Crippen LogP contribution in [0.5, 0.6) is 0 Å². The number of thioether (sulfide) groups is 1. The van der Waals surface area contributed by atoms with Gasteiger partial charge in [0, 0.05) is 42.9 Å². The number of nitrogens with one attached hydrogen (secondary N) is 1. The van der Waals surface area contributed by atoms with Gasteiger partial charge in [-0.05, 0) is 25.5 Å². The van der Waals surface area contributed by atoms with Gasteiger partial charge < -0.3 is 10.2 Å². The summed E-state index contributed by atoms with van der Waals surface area (Å²) in [7, 11) is 0. The molecule has 0 bridgehead atoms. The van der Waals surface area contributed by atoms with E-state index >= 15 is 0 Å². The molecular weight excluding hydrogens is 338 g/mol. The van der Waals surface area contributed by atoms with E-state index in [4.69, 9.17) is 0 Å². The zero-order valence-electron chi connectivity index (χ0n) is 13.9. The zero-order chi connectivity index (χ0) is 17.4. The molecule has 2 fully saturated rings. The first-order chi connectivity index (χ1) is 12.1. The standard InChI is InChI=1S/C17H19N5O2S/c1-17-6-5-14(23)22(17)13(11-25-17)16(24)19-10-12-4-2-7-18-15(12)21-9-3-8-20-21/h2-4,7-9,13H,5-6,10-11H2,1H3,(H,19,24)/t13-,17-/m0/s1. The lowest BCUT2D eigenvalue weighted by atomic mass is 10.2. The van der Waals surface area contributed by atoms with Crippen LogP contribution in [0.1, 0.15) is 25.3 Å². The molecule has 0 unspecified atom stereocenters. The number of carbonyl (C=O) groups is 2. The second-order valence-corrected chi connectivity index (χ2v) is 7.92. The minimum absolute atomic E-state index is 0.0752. The topological polar surface area (TPSA) is 80.1 Å². The van der Waals surface area contributed by atoms with E-state index in [9.17, 15) is 9.59 Å². The molecule has 2 amide bonds. The Bertz CT molecular complexity index is 809. The van der Waals surface area contributed by atoms with Crippen LogP contribution < -0.4 is 5.32 Å². The number of carbonyl (C=O) groups excluding carboxylic acids is 2. The van der Waals surface area contributed by atoms with E-state index in [1.54, 1.807) is 33.7 Å². The number of amides is 2. The van der Waals surface area contributed by atoms with Gasteiger partial charge in [-0.3, -0.25) is 9.59 Å². The molecule has 2 aromatic heterocycles. The summed E-state index contributed by atoms with van der Waals surface area (Å²) < 4.78 is 1.67. The van der Waals surface area contributed by atoms with Gasteiger partial charge in [0.05, 0.1) is 4.87 Å². The molecule has 2 aliphatic heterocycles. The number of hydrogen-bond donors (Lipinski definition) is 1. The lowest BCUT2D eigenvalue weighted by molar-refractivity contribution is -0.138. The van der Waals surface area contributed by atoms with E-state index in [0.29, 0.717) is 24.5 Å². The van der Waals surface area contributed by atoms with Gasteiger partial charge in [0.1, 0.15) is 6.04 Å². The Morgan fingerprint density at radius 2 is 2.32 bits per heavy atom. The van der Waals surface area contributed by atoms with E-state index in [-0.39, 0.29) is 16.7 Å². The van der Waals surface area contributed by atoms with Crippen molar-refractivity contribution in [2.24, 2.45) is 0 Å². The monoisotopic (exact) mass is 357 g/mol. The highest BCUT2D eigenvalue weighted by atomic mass is 32.2. The van der Waals surface area contributed by atoms with Gasteiger partial charge in [-0.25, -0.2) is 9.67 Å². The molecule has 2 saturated heterocycles. The summed E-state index contributed by atoms with van der Waals surface area (Å²) in [6.45, 7) is 2.40. The summed E-state index contributed by atoms with van der Waals surface area (Å²) in [6, 6.07) is 5.18. The molecule has 7 nitrogen and oxygen atoms in total. The molecule has 2 aliphatic rings. The number of nitrogens with zero attached hydrogens (tertiary/aromatic N) is 4. The fourth-order valence-electron chi connectivity index (χ4n) is 3.48. The third-order valence-electron chi connectivity index (χ3n) is 4.79. The van der Waals surface area contributed by atoms with E-state index in [2.05, 4.69) is 15.4 Å². The highest BCUT2D eigenvalue weighted by Crippen LogP contribution is 2.47. The van der Waals surface area contributed by atoms with Crippen LogP contribution >= 0.6 is 11.8 Å². The van der Waals surface area contributed by atoms with Crippen LogP contribution in [0.15, 0.2) is 36.8 Å². The van der Waals surface area contributed by atoms with Crippen molar-refractivity contribution in [2.45, 2.75) is 37.2 Å². The van der Waals surface area contributed by atoms with E-state index in [0.717, 1.165) is 12.0 Å². The number of rotatable bonds is 4. The second kappa shape index (κ2) is 6.18. The smallest absolute Gasteiger partial charge is 0.243 e. The zero-order valence-corrected chi connectivity index (χ0v) is 14.7. The third-order valence-corrected chi connectivity index (χ3v) is 6.29. The minimum atomic E-state index is -0.394. The Morgan fingerprint density at radius 1 is 1.44 bits per heavy atom. The van der Waals surface area contributed by atoms with Gasteiger partial charge >= 0.3 is 0 Å². The molecule has 1 N–H and O–H groups in total. The van der Waals surface area contributed by atoms with Crippen LogP contribution in [-0.2, 0) is 16.1 Å². The van der Waals surface area contributed by atoms with Crippen LogP contribution in [0.2, 0.25) is 0 Å². The van der Waals surface area contributed by atoms with Crippen LogP contribution in [-0.4, -0.2) is 48.1 Å². The third kappa shape index (κ3) is 2.80. The van der Waals surface area contributed by atoms with E-state index < -0.39 is 6.04 Å². The van der Waals surface area contributed by atoms with Crippen LogP contribution in [0.25, 0.3) is 5.82 Å². The highest BCUT2D eigenvalue weighted by Gasteiger charge is 2.52. The summed E-state index contributed by atoms with van der Waals surface area (Å²) in [5.41, 5.74) is 0.876. The second-order valence-electron chi connectivity index (χ2n) is 6.42. The predicted octanol–water partition coefficient (Wildman–Crippen LogP) is 1.34. The maximum absolute atomic E-state index is 12.7. The molecule has 8 heteroatoms. The van der Waals surface area contributed by atoms with Crippen molar-refractivity contribution < 1.29 is 9.59 Å². The van der Waals surface area contributed by atoms with Crippen LogP contribution in [0.3, 0.4) is 0 Å². The van der Waals surface area contributed by atoms with Crippen LogP contribution in [0.4, 0.5) is 0 Å². The lowest BCUT2D eigenvalue weighted by Crippen LogP contribution is -2.49. The average molecular weight is 357 g/mol. The predicted molar refractivity (Wildman–Crippen MR) is 93.9 cm³/mol. The molecule has 2 aromatic rings. The Balaban J connectivity index is 1.48. The number of aromatic nitrogens is 3. The maximum atomic E-state index is 12.7. The molecule has 0 radical (unpaired) electrons. The summed E-state index contributed by atoms with van der Waals surface area (Å²) >= 11 is 1.70. The lowest BCUT2D eigenvalue weighted by Gasteiger charge is -2.29. The Labute approximate surface area is 149 Å². The van der Waals surface area contributed by atoms with Crippen molar-refractivity contribution in [3.05, 3.63) is 42.4 Å². The van der Waals surface area contributed by atoms with Gasteiger partial charge in [-0.15, -0.1) is 11.8 Å². The van der Waals surface area contributed by atoms with Gasteiger partial charge in [-0.1, -0.05) is 6.07 Å². The first-order valence-electron chi connectivity index (χ1n) is 8.26. The Kier molecular flexibility index (Phi) is 3.99. The average Bonchev–Trinajstić information content (AvgIpc) is 3.31. The van der Waals surface area contributed by atoms with Gasteiger partial charge in [0.2, 0.25) is 11.8 Å². The normalized spacial score (nSPS) is 25.2. The van der Waals surface area contributed by atoms with Crippen molar-refractivity contribution in [1.82, 2.24) is 25.0 Å². The van der Waals surface area contributed by atoms with Crippen molar-refractivity contribution in [2.75, 3.05) is 5.75 Å². The van der Waals surface area contributed by atoms with Gasteiger partial charge in [0.15, 0.2) is 5.82 Å². The minimum Gasteiger partial charge on any atom is -0.350 e. The summed E-state index contributed by atoms with van der Waals surface area (Å²) in [6.07, 6.45) is 6.54. The largest absolute Gasteiger partial charge is 0.350 e. The molecule has 130 valence electrons. The Morgan fingerprint density at radius 3 is 3.12 bits per heavy atom. The van der Waals surface area contributed by atoms with Crippen molar-refractivity contribution in [1.29, 1.82) is 0 Å². The highest BCUT2D eigenvalue weighted by molar-refractivity contribution is 8.01. The van der Waals surface area contributed by atoms with Crippen LogP contribution in [0, 0.1) is 0 Å². The molecule has 0 spiro atoms. The summed E-state index contributed by atoms with van der Waals surface area (Å²) in [5.74, 6) is 1.30. The number of hydrogen-bond acceptors (Lipinski definition) is 5. The Hall–Kier alpha value is -2.35.